The van der Waals surface area contributed by atoms with E-state index in [-0.39, 0.29) is 22.9 Å². The van der Waals surface area contributed by atoms with Crippen LogP contribution in [0.4, 0.5) is 0 Å². The van der Waals surface area contributed by atoms with E-state index in [0.717, 1.165) is 17.5 Å². The van der Waals surface area contributed by atoms with Crippen molar-refractivity contribution in [1.82, 2.24) is 0 Å². The van der Waals surface area contributed by atoms with Crippen molar-refractivity contribution in [1.29, 1.82) is 0 Å². The molecule has 2 aliphatic carbocycles. The Bertz CT molecular complexity index is 591. The molecule has 94 valence electrons. The number of rotatable bonds is 0. The van der Waals surface area contributed by atoms with Gasteiger partial charge in [0.1, 0.15) is 0 Å². The standard InChI is InChI=1S/C15H16O3/c1-8-7-18-14-11(8)6-15(3)9(2)4-10(16)5-12(15)13(14)17/h5,7,9H,4,6H2,1-3H3/t9-,15+/m0/s1. The molecule has 0 amide bonds. The zero-order valence-corrected chi connectivity index (χ0v) is 10.9. The zero-order valence-electron chi connectivity index (χ0n) is 10.9. The summed E-state index contributed by atoms with van der Waals surface area (Å²) in [6.07, 6.45) is 4.48. The molecule has 3 nitrogen and oxygen atoms in total. The molecule has 0 N–H and O–H groups in total. The number of hydrogen-bond donors (Lipinski definition) is 0. The summed E-state index contributed by atoms with van der Waals surface area (Å²) in [5, 5.41) is 0. The summed E-state index contributed by atoms with van der Waals surface area (Å²) in [5.74, 6) is 0.566. The Balaban J connectivity index is 2.23. The summed E-state index contributed by atoms with van der Waals surface area (Å²) < 4.78 is 5.36. The summed E-state index contributed by atoms with van der Waals surface area (Å²) in [6.45, 7) is 6.11. The highest BCUT2D eigenvalue weighted by Crippen LogP contribution is 2.49. The van der Waals surface area contributed by atoms with E-state index in [0.29, 0.717) is 17.8 Å². The van der Waals surface area contributed by atoms with Crippen LogP contribution in [0.2, 0.25) is 0 Å². The molecule has 0 fully saturated rings. The van der Waals surface area contributed by atoms with Gasteiger partial charge in [0.15, 0.2) is 11.5 Å². The van der Waals surface area contributed by atoms with Crippen LogP contribution in [0, 0.1) is 18.3 Å². The van der Waals surface area contributed by atoms with Crippen LogP contribution in [0.15, 0.2) is 22.3 Å². The molecule has 1 aromatic rings. The quantitative estimate of drug-likeness (QED) is 0.705. The zero-order chi connectivity index (χ0) is 13.1. The third kappa shape index (κ3) is 1.30. The normalized spacial score (nSPS) is 30.8. The van der Waals surface area contributed by atoms with Crippen LogP contribution in [0.25, 0.3) is 0 Å². The average molecular weight is 244 g/mol. The monoisotopic (exact) mass is 244 g/mol. The summed E-state index contributed by atoms with van der Waals surface area (Å²) in [4.78, 5) is 24.1. The maximum atomic E-state index is 12.4. The van der Waals surface area contributed by atoms with Gasteiger partial charge in [0.05, 0.1) is 6.26 Å². The minimum Gasteiger partial charge on any atom is -0.460 e. The number of hydrogen-bond acceptors (Lipinski definition) is 3. The highest BCUT2D eigenvalue weighted by Gasteiger charge is 2.48. The minimum absolute atomic E-state index is 0.0510. The highest BCUT2D eigenvalue weighted by molar-refractivity contribution is 6.14. The molecule has 0 unspecified atom stereocenters. The predicted molar refractivity (Wildman–Crippen MR) is 66.5 cm³/mol. The molecule has 1 aromatic heterocycles. The maximum Gasteiger partial charge on any atom is 0.225 e. The van der Waals surface area contributed by atoms with Gasteiger partial charge >= 0.3 is 0 Å². The molecular weight excluding hydrogens is 228 g/mol. The van der Waals surface area contributed by atoms with Gasteiger partial charge in [0.2, 0.25) is 5.78 Å². The molecule has 0 aliphatic heterocycles. The second-order valence-electron chi connectivity index (χ2n) is 5.78. The summed E-state index contributed by atoms with van der Waals surface area (Å²) in [6, 6.07) is 0. The first-order valence-corrected chi connectivity index (χ1v) is 6.30. The van der Waals surface area contributed by atoms with Gasteiger partial charge in [0, 0.05) is 23.0 Å². The van der Waals surface area contributed by atoms with E-state index in [4.69, 9.17) is 4.42 Å². The first kappa shape index (κ1) is 11.5. The summed E-state index contributed by atoms with van der Waals surface area (Å²) in [5.41, 5.74) is 2.45. The van der Waals surface area contributed by atoms with E-state index in [1.165, 1.54) is 6.08 Å². The lowest BCUT2D eigenvalue weighted by Crippen LogP contribution is -2.41. The fraction of sp³-hybridized carbons (Fsp3) is 0.467. The first-order chi connectivity index (χ1) is 8.43. The Morgan fingerprint density at radius 2 is 2.11 bits per heavy atom. The molecule has 2 aliphatic rings. The van der Waals surface area contributed by atoms with E-state index in [1.807, 2.05) is 6.92 Å². The van der Waals surface area contributed by atoms with E-state index in [9.17, 15) is 9.59 Å². The fourth-order valence-corrected chi connectivity index (χ4v) is 3.14. The van der Waals surface area contributed by atoms with Crippen LogP contribution in [-0.2, 0) is 11.2 Å². The molecule has 0 spiro atoms. The van der Waals surface area contributed by atoms with Crippen LogP contribution in [0.3, 0.4) is 0 Å². The number of furan rings is 1. The van der Waals surface area contributed by atoms with E-state index in [2.05, 4.69) is 13.8 Å². The number of allylic oxidation sites excluding steroid dienone is 2. The van der Waals surface area contributed by atoms with Crippen LogP contribution >= 0.6 is 0 Å². The number of ketones is 2. The smallest absolute Gasteiger partial charge is 0.225 e. The van der Waals surface area contributed by atoms with Gasteiger partial charge in [-0.2, -0.15) is 0 Å². The SMILES string of the molecule is Cc1coc2c1C[C@@]1(C)C(=CC(=O)C[C@@H]1C)C2=O. The lowest BCUT2D eigenvalue weighted by molar-refractivity contribution is -0.117. The predicted octanol–water partition coefficient (Wildman–Crippen LogP) is 2.87. The van der Waals surface area contributed by atoms with Crippen LogP contribution in [0.5, 0.6) is 0 Å². The molecule has 0 radical (unpaired) electrons. The van der Waals surface area contributed by atoms with Crippen LogP contribution in [-0.4, -0.2) is 11.6 Å². The second kappa shape index (κ2) is 3.44. The minimum atomic E-state index is -0.230. The Hall–Kier alpha value is -1.64. The largest absolute Gasteiger partial charge is 0.460 e. The van der Waals surface area contributed by atoms with Crippen LogP contribution < -0.4 is 0 Å². The number of carbonyl (C=O) groups is 2. The van der Waals surface area contributed by atoms with E-state index in [1.54, 1.807) is 6.26 Å². The highest BCUT2D eigenvalue weighted by atomic mass is 16.3. The molecular formula is C15H16O3. The molecule has 2 atom stereocenters. The molecule has 1 heterocycles. The molecule has 0 saturated carbocycles. The Kier molecular flexibility index (Phi) is 2.19. The van der Waals surface area contributed by atoms with Crippen molar-refractivity contribution in [3.63, 3.8) is 0 Å². The van der Waals surface area contributed by atoms with Gasteiger partial charge in [-0.05, 0) is 30.9 Å². The van der Waals surface area contributed by atoms with Crippen LogP contribution in [0.1, 0.15) is 41.9 Å². The van der Waals surface area contributed by atoms with Crippen molar-refractivity contribution >= 4 is 11.6 Å². The summed E-state index contributed by atoms with van der Waals surface area (Å²) >= 11 is 0. The molecule has 3 heteroatoms. The van der Waals surface area contributed by atoms with Gasteiger partial charge in [-0.1, -0.05) is 13.8 Å². The third-order valence-electron chi connectivity index (χ3n) is 4.61. The van der Waals surface area contributed by atoms with Crippen molar-refractivity contribution < 1.29 is 14.0 Å². The molecule has 0 bridgehead atoms. The Labute approximate surface area is 106 Å². The number of fused-ring (bicyclic) bond motifs is 2. The summed E-state index contributed by atoms with van der Waals surface area (Å²) in [7, 11) is 0. The molecule has 0 aromatic carbocycles. The van der Waals surface area contributed by atoms with Gasteiger partial charge < -0.3 is 4.42 Å². The lowest BCUT2D eigenvalue weighted by Gasteiger charge is -2.42. The van der Waals surface area contributed by atoms with E-state index >= 15 is 0 Å². The van der Waals surface area contributed by atoms with Gasteiger partial charge in [-0.25, -0.2) is 0 Å². The molecule has 18 heavy (non-hydrogen) atoms. The molecule has 3 rings (SSSR count). The number of Topliss-reactive ketones (excluding diaryl/α,β-unsaturated/α-hetero) is 1. The van der Waals surface area contributed by atoms with Gasteiger partial charge in [-0.15, -0.1) is 0 Å². The van der Waals surface area contributed by atoms with Crippen molar-refractivity contribution in [2.45, 2.75) is 33.6 Å². The number of aryl methyl sites for hydroxylation is 1. The number of carbonyl (C=O) groups excluding carboxylic acids is 2. The second-order valence-corrected chi connectivity index (χ2v) is 5.78. The van der Waals surface area contributed by atoms with Crippen molar-refractivity contribution in [2.75, 3.05) is 0 Å². The Morgan fingerprint density at radius 1 is 1.39 bits per heavy atom. The topological polar surface area (TPSA) is 47.3 Å². The van der Waals surface area contributed by atoms with E-state index < -0.39 is 0 Å². The average Bonchev–Trinajstić information content (AvgIpc) is 2.65. The van der Waals surface area contributed by atoms with Crippen molar-refractivity contribution in [3.05, 3.63) is 34.8 Å². The van der Waals surface area contributed by atoms with Crippen molar-refractivity contribution in [2.24, 2.45) is 11.3 Å². The molecule has 0 saturated heterocycles. The first-order valence-electron chi connectivity index (χ1n) is 6.30. The maximum absolute atomic E-state index is 12.4. The van der Waals surface area contributed by atoms with Crippen molar-refractivity contribution in [3.8, 4) is 0 Å². The third-order valence-corrected chi connectivity index (χ3v) is 4.61. The lowest BCUT2D eigenvalue weighted by atomic mass is 9.60. The Morgan fingerprint density at radius 3 is 2.83 bits per heavy atom. The van der Waals surface area contributed by atoms with Gasteiger partial charge in [-0.3, -0.25) is 9.59 Å². The fourth-order valence-electron chi connectivity index (χ4n) is 3.14. The van der Waals surface area contributed by atoms with Gasteiger partial charge in [0.25, 0.3) is 0 Å².